The maximum Gasteiger partial charge on any atom is 0.417 e. The summed E-state index contributed by atoms with van der Waals surface area (Å²) in [5.74, 6) is -1.38. The summed E-state index contributed by atoms with van der Waals surface area (Å²) >= 11 is 12.3. The van der Waals surface area contributed by atoms with Crippen LogP contribution in [-0.2, 0) is 22.1 Å². The summed E-state index contributed by atoms with van der Waals surface area (Å²) in [6.07, 6.45) is -2.49. The number of carbonyl (C=O) groups is 1. The van der Waals surface area contributed by atoms with E-state index in [9.17, 15) is 22.4 Å². The molecular formula is C23H18Cl2F4N4O3. The highest BCUT2D eigenvalue weighted by molar-refractivity contribution is 6.33. The van der Waals surface area contributed by atoms with Gasteiger partial charge in [0.2, 0.25) is 5.89 Å². The number of benzene rings is 1. The zero-order valence-corrected chi connectivity index (χ0v) is 20.6. The molecule has 0 spiro atoms. The molecule has 0 aliphatic carbocycles. The molecule has 0 amide bonds. The standard InChI is InChI=1S/C23H18Cl2F4N4O3/c1-22(2,3)36-18(34)5-4-11-6-14(24)13(8-16(11)26)20-31-32-21(35-20)17-10-33-9-12(23(27,28)29)7-15(25)19(33)30-17/h6-10H,4-5H2,1-3H3. The Balaban J connectivity index is 1.58. The molecular weight excluding hydrogens is 527 g/mol. The van der Waals surface area contributed by atoms with E-state index in [1.807, 2.05) is 0 Å². The fourth-order valence-electron chi connectivity index (χ4n) is 3.32. The van der Waals surface area contributed by atoms with Crippen LogP contribution in [0.25, 0.3) is 28.7 Å². The lowest BCUT2D eigenvalue weighted by Crippen LogP contribution is -2.24. The molecule has 13 heteroatoms. The number of carbonyl (C=O) groups excluding carboxylic acids is 1. The molecule has 0 atom stereocenters. The quantitative estimate of drug-likeness (QED) is 0.203. The third-order valence-corrected chi connectivity index (χ3v) is 5.45. The zero-order chi connectivity index (χ0) is 26.4. The van der Waals surface area contributed by atoms with Crippen molar-refractivity contribution in [2.24, 2.45) is 0 Å². The average molecular weight is 545 g/mol. The Hall–Kier alpha value is -3.18. The van der Waals surface area contributed by atoms with Gasteiger partial charge in [0.15, 0.2) is 5.65 Å². The summed E-state index contributed by atoms with van der Waals surface area (Å²) in [5, 5.41) is 7.58. The van der Waals surface area contributed by atoms with Gasteiger partial charge in [-0.2, -0.15) is 13.2 Å². The van der Waals surface area contributed by atoms with Crippen LogP contribution in [0.1, 0.15) is 38.3 Å². The van der Waals surface area contributed by atoms with Crippen molar-refractivity contribution in [1.82, 2.24) is 19.6 Å². The molecule has 190 valence electrons. The third-order valence-electron chi connectivity index (χ3n) is 4.86. The number of ether oxygens (including phenoxy) is 1. The molecule has 0 unspecified atom stereocenters. The van der Waals surface area contributed by atoms with Crippen molar-refractivity contribution in [3.8, 4) is 23.0 Å². The van der Waals surface area contributed by atoms with E-state index in [0.717, 1.165) is 22.7 Å². The number of hydrogen-bond acceptors (Lipinski definition) is 6. The van der Waals surface area contributed by atoms with Gasteiger partial charge in [-0.1, -0.05) is 23.2 Å². The molecule has 0 radical (unpaired) electrons. The van der Waals surface area contributed by atoms with Crippen LogP contribution in [0, 0.1) is 5.82 Å². The molecule has 0 aliphatic rings. The van der Waals surface area contributed by atoms with Gasteiger partial charge in [-0.3, -0.25) is 4.79 Å². The Morgan fingerprint density at radius 3 is 2.42 bits per heavy atom. The zero-order valence-electron chi connectivity index (χ0n) is 19.1. The van der Waals surface area contributed by atoms with Crippen molar-refractivity contribution in [2.75, 3.05) is 0 Å². The highest BCUT2D eigenvalue weighted by Gasteiger charge is 2.32. The number of hydrogen-bond donors (Lipinski definition) is 0. The van der Waals surface area contributed by atoms with Crippen LogP contribution in [0.5, 0.6) is 0 Å². The van der Waals surface area contributed by atoms with Gasteiger partial charge in [-0.25, -0.2) is 9.37 Å². The molecule has 0 fully saturated rings. The minimum atomic E-state index is -4.60. The number of aromatic nitrogens is 4. The first kappa shape index (κ1) is 25.9. The number of halogens is 6. The molecule has 0 aliphatic heterocycles. The number of aryl methyl sites for hydroxylation is 1. The fourth-order valence-corrected chi connectivity index (χ4v) is 3.85. The largest absolute Gasteiger partial charge is 0.460 e. The lowest BCUT2D eigenvalue weighted by molar-refractivity contribution is -0.154. The predicted octanol–water partition coefficient (Wildman–Crippen LogP) is 6.79. The SMILES string of the molecule is CC(C)(C)OC(=O)CCc1cc(Cl)c(-c2nnc(-c3cn4cc(C(F)(F)F)cc(Cl)c4n3)o2)cc1F. The van der Waals surface area contributed by atoms with Crippen molar-refractivity contribution < 1.29 is 31.5 Å². The van der Waals surface area contributed by atoms with Gasteiger partial charge < -0.3 is 13.6 Å². The van der Waals surface area contributed by atoms with Crippen molar-refractivity contribution >= 4 is 34.8 Å². The summed E-state index contributed by atoms with van der Waals surface area (Å²) in [4.78, 5) is 16.1. The fraction of sp³-hybridized carbons (Fsp3) is 0.304. The predicted molar refractivity (Wildman–Crippen MR) is 123 cm³/mol. The Labute approximate surface area is 212 Å². The highest BCUT2D eigenvalue weighted by Crippen LogP contribution is 2.34. The Morgan fingerprint density at radius 2 is 1.75 bits per heavy atom. The first-order chi connectivity index (χ1) is 16.7. The molecule has 3 heterocycles. The first-order valence-corrected chi connectivity index (χ1v) is 11.3. The van der Waals surface area contributed by atoms with Crippen LogP contribution in [0.3, 0.4) is 0 Å². The normalized spacial score (nSPS) is 12.4. The molecule has 1 aromatic carbocycles. The Kier molecular flexibility index (Phi) is 6.74. The number of esters is 1. The van der Waals surface area contributed by atoms with Crippen LogP contribution in [0.15, 0.2) is 35.0 Å². The average Bonchev–Trinajstić information content (AvgIpc) is 3.39. The maximum absolute atomic E-state index is 14.7. The second-order valence-corrected chi connectivity index (χ2v) is 9.67. The van der Waals surface area contributed by atoms with E-state index in [2.05, 4.69) is 15.2 Å². The summed E-state index contributed by atoms with van der Waals surface area (Å²) in [7, 11) is 0. The topological polar surface area (TPSA) is 82.5 Å². The number of rotatable bonds is 5. The van der Waals surface area contributed by atoms with Gasteiger partial charge in [-0.15, -0.1) is 10.2 Å². The molecule has 36 heavy (non-hydrogen) atoms. The maximum atomic E-state index is 14.7. The van der Waals surface area contributed by atoms with Gasteiger partial charge in [0.1, 0.15) is 17.1 Å². The Morgan fingerprint density at radius 1 is 1.06 bits per heavy atom. The van der Waals surface area contributed by atoms with Gasteiger partial charge in [0, 0.05) is 18.8 Å². The van der Waals surface area contributed by atoms with Gasteiger partial charge in [0.25, 0.3) is 5.89 Å². The van der Waals surface area contributed by atoms with E-state index >= 15 is 0 Å². The molecule has 0 saturated heterocycles. The smallest absolute Gasteiger partial charge is 0.417 e. The molecule has 0 saturated carbocycles. The minimum absolute atomic E-state index is 0.0406. The molecule has 0 N–H and O–H groups in total. The van der Waals surface area contributed by atoms with Crippen molar-refractivity contribution in [3.05, 3.63) is 57.6 Å². The number of imidazole rings is 1. The second-order valence-electron chi connectivity index (χ2n) is 8.85. The lowest BCUT2D eigenvalue weighted by atomic mass is 10.1. The van der Waals surface area contributed by atoms with Crippen LogP contribution in [0.2, 0.25) is 10.0 Å². The first-order valence-electron chi connectivity index (χ1n) is 10.5. The van der Waals surface area contributed by atoms with E-state index in [1.165, 1.54) is 12.3 Å². The number of fused-ring (bicyclic) bond motifs is 1. The van der Waals surface area contributed by atoms with Gasteiger partial charge in [0.05, 0.1) is 21.2 Å². The van der Waals surface area contributed by atoms with Crippen LogP contribution < -0.4 is 0 Å². The number of alkyl halides is 3. The molecule has 0 bridgehead atoms. The van der Waals surface area contributed by atoms with E-state index in [0.29, 0.717) is 0 Å². The van der Waals surface area contributed by atoms with Crippen LogP contribution in [0.4, 0.5) is 17.6 Å². The van der Waals surface area contributed by atoms with Crippen molar-refractivity contribution in [1.29, 1.82) is 0 Å². The summed E-state index contributed by atoms with van der Waals surface area (Å²) in [5.41, 5.74) is -1.21. The van der Waals surface area contributed by atoms with Gasteiger partial charge in [-0.05, 0) is 51.0 Å². The molecule has 7 nitrogen and oxygen atoms in total. The van der Waals surface area contributed by atoms with Crippen LogP contribution >= 0.6 is 23.2 Å². The summed E-state index contributed by atoms with van der Waals surface area (Å²) < 4.78 is 65.8. The van der Waals surface area contributed by atoms with E-state index in [4.69, 9.17) is 32.4 Å². The van der Waals surface area contributed by atoms with Gasteiger partial charge >= 0.3 is 12.1 Å². The van der Waals surface area contributed by atoms with Crippen LogP contribution in [-0.4, -0.2) is 31.2 Å². The van der Waals surface area contributed by atoms with Crippen molar-refractivity contribution in [3.63, 3.8) is 0 Å². The lowest BCUT2D eigenvalue weighted by Gasteiger charge is -2.19. The summed E-state index contributed by atoms with van der Waals surface area (Å²) in [6, 6.07) is 3.21. The van der Waals surface area contributed by atoms with E-state index in [-0.39, 0.29) is 57.1 Å². The van der Waals surface area contributed by atoms with Crippen molar-refractivity contribution in [2.45, 2.75) is 45.4 Å². The van der Waals surface area contributed by atoms with E-state index < -0.39 is 29.1 Å². The Bertz CT molecular complexity index is 1460. The third kappa shape index (κ3) is 5.62. The second kappa shape index (κ2) is 9.36. The van der Waals surface area contributed by atoms with E-state index in [1.54, 1.807) is 20.8 Å². The molecule has 4 aromatic rings. The summed E-state index contributed by atoms with van der Waals surface area (Å²) in [6.45, 7) is 5.20. The molecule has 3 aromatic heterocycles. The number of nitrogens with zero attached hydrogens (tertiary/aromatic N) is 4. The number of pyridine rings is 1. The minimum Gasteiger partial charge on any atom is -0.460 e. The monoisotopic (exact) mass is 544 g/mol. The highest BCUT2D eigenvalue weighted by atomic mass is 35.5. The molecule has 4 rings (SSSR count).